The quantitative estimate of drug-likeness (QED) is 0.865. The first kappa shape index (κ1) is 12.7. The van der Waals surface area contributed by atoms with Gasteiger partial charge in [-0.3, -0.25) is 4.98 Å². The summed E-state index contributed by atoms with van der Waals surface area (Å²) in [6, 6.07) is 3.08. The number of nitrogens with zero attached hydrogens (tertiary/aromatic N) is 1. The Hall–Kier alpha value is -2.70. The molecular weight excluding hydrogens is 254 g/mol. The summed E-state index contributed by atoms with van der Waals surface area (Å²) >= 11 is 0. The van der Waals surface area contributed by atoms with Crippen molar-refractivity contribution in [3.05, 3.63) is 54.1 Å². The molecule has 0 fully saturated rings. The lowest BCUT2D eigenvalue weighted by Gasteiger charge is -1.98. The zero-order chi connectivity index (χ0) is 13.5. The van der Waals surface area contributed by atoms with Gasteiger partial charge in [0.1, 0.15) is 12.5 Å². The van der Waals surface area contributed by atoms with Crippen LogP contribution in [0.25, 0.3) is 0 Å². The molecule has 0 spiro atoms. The van der Waals surface area contributed by atoms with Gasteiger partial charge in [-0.2, -0.15) is 0 Å². The second-order valence-corrected chi connectivity index (χ2v) is 3.37. The van der Waals surface area contributed by atoms with Crippen molar-refractivity contribution in [2.75, 3.05) is 13.6 Å². The Balaban J connectivity index is 0.000000141. The summed E-state index contributed by atoms with van der Waals surface area (Å²) in [7, 11) is 0. The average molecular weight is 265 g/mol. The van der Waals surface area contributed by atoms with Crippen LogP contribution in [0.5, 0.6) is 0 Å². The van der Waals surface area contributed by atoms with E-state index >= 15 is 0 Å². The summed E-state index contributed by atoms with van der Waals surface area (Å²) in [5.41, 5.74) is 0.220. The molecule has 1 aromatic heterocycles. The lowest BCUT2D eigenvalue weighted by Crippen LogP contribution is -1.94. The Morgan fingerprint density at radius 2 is 1.79 bits per heavy atom. The van der Waals surface area contributed by atoms with Gasteiger partial charge in [0.2, 0.25) is 25.1 Å². The van der Waals surface area contributed by atoms with Crippen molar-refractivity contribution in [1.82, 2.24) is 4.98 Å². The highest BCUT2D eigenvalue weighted by atomic mass is 16.7. The molecule has 0 saturated carbocycles. The first-order valence-electron chi connectivity index (χ1n) is 5.30. The van der Waals surface area contributed by atoms with E-state index in [0.717, 1.165) is 0 Å². The smallest absolute Gasteiger partial charge is 0.337 e. The third kappa shape index (κ3) is 3.63. The van der Waals surface area contributed by atoms with E-state index in [0.29, 0.717) is 11.5 Å². The highest BCUT2D eigenvalue weighted by Crippen LogP contribution is 2.20. The minimum absolute atomic E-state index is 0.220. The summed E-state index contributed by atoms with van der Waals surface area (Å²) in [4.78, 5) is 13.8. The number of carboxylic acids is 1. The molecule has 1 aromatic rings. The van der Waals surface area contributed by atoms with Crippen LogP contribution in [0.1, 0.15) is 10.4 Å². The van der Waals surface area contributed by atoms with Crippen molar-refractivity contribution in [2.45, 2.75) is 0 Å². The van der Waals surface area contributed by atoms with Gasteiger partial charge in [0.15, 0.2) is 0 Å². The van der Waals surface area contributed by atoms with Crippen molar-refractivity contribution in [1.29, 1.82) is 0 Å². The van der Waals surface area contributed by atoms with E-state index in [-0.39, 0.29) is 19.1 Å². The van der Waals surface area contributed by atoms with Crippen molar-refractivity contribution in [2.24, 2.45) is 0 Å². The molecule has 2 aliphatic heterocycles. The van der Waals surface area contributed by atoms with Crippen molar-refractivity contribution >= 4 is 5.97 Å². The Labute approximate surface area is 108 Å². The van der Waals surface area contributed by atoms with Crippen LogP contribution < -0.4 is 0 Å². The average Bonchev–Trinajstić information content (AvgIpc) is 3.13. The number of ether oxygens (including phenoxy) is 4. The standard InChI is InChI=1S/C6H5NO2.C6H6O4/c8-6(9)5-2-1-3-7-4-5;1-5(9-3-7-1)6-2-8-4-10-6/h1-4H,(H,8,9);1-2H,3-4H2. The lowest BCUT2D eigenvalue weighted by atomic mass is 10.3. The monoisotopic (exact) mass is 265 g/mol. The molecule has 7 nitrogen and oxygen atoms in total. The molecule has 100 valence electrons. The van der Waals surface area contributed by atoms with E-state index in [4.69, 9.17) is 24.1 Å². The van der Waals surface area contributed by atoms with Gasteiger partial charge >= 0.3 is 5.97 Å². The third-order valence-electron chi connectivity index (χ3n) is 2.10. The van der Waals surface area contributed by atoms with Gasteiger partial charge in [-0.25, -0.2) is 4.79 Å². The molecule has 19 heavy (non-hydrogen) atoms. The van der Waals surface area contributed by atoms with Crippen LogP contribution >= 0.6 is 0 Å². The van der Waals surface area contributed by atoms with Crippen LogP contribution in [0.2, 0.25) is 0 Å². The number of hydrogen-bond acceptors (Lipinski definition) is 6. The van der Waals surface area contributed by atoms with Crippen LogP contribution in [-0.4, -0.2) is 29.6 Å². The summed E-state index contributed by atoms with van der Waals surface area (Å²) < 4.78 is 19.6. The topological polar surface area (TPSA) is 87.1 Å². The van der Waals surface area contributed by atoms with Gasteiger partial charge < -0.3 is 24.1 Å². The molecule has 0 atom stereocenters. The van der Waals surface area contributed by atoms with E-state index < -0.39 is 5.97 Å². The summed E-state index contributed by atoms with van der Waals surface area (Å²) in [5.74, 6) is 0.248. The van der Waals surface area contributed by atoms with E-state index in [1.54, 1.807) is 6.07 Å². The predicted molar refractivity (Wildman–Crippen MR) is 61.4 cm³/mol. The molecule has 1 N–H and O–H groups in total. The van der Waals surface area contributed by atoms with Crippen molar-refractivity contribution in [3.8, 4) is 0 Å². The van der Waals surface area contributed by atoms with Gasteiger partial charge in [-0.05, 0) is 12.1 Å². The van der Waals surface area contributed by atoms with Gasteiger partial charge in [0, 0.05) is 12.4 Å². The molecule has 0 amide bonds. The zero-order valence-corrected chi connectivity index (χ0v) is 9.81. The Morgan fingerprint density at radius 1 is 1.16 bits per heavy atom. The van der Waals surface area contributed by atoms with Gasteiger partial charge in [0.05, 0.1) is 5.56 Å². The van der Waals surface area contributed by atoms with Gasteiger partial charge in [0.25, 0.3) is 0 Å². The van der Waals surface area contributed by atoms with E-state index in [2.05, 4.69) is 4.98 Å². The number of aromatic nitrogens is 1. The maximum atomic E-state index is 10.2. The Kier molecular flexibility index (Phi) is 4.22. The zero-order valence-electron chi connectivity index (χ0n) is 9.81. The molecule has 3 rings (SSSR count). The second-order valence-electron chi connectivity index (χ2n) is 3.37. The van der Waals surface area contributed by atoms with E-state index in [9.17, 15) is 4.79 Å². The molecule has 0 bridgehead atoms. The highest BCUT2D eigenvalue weighted by molar-refractivity contribution is 5.86. The van der Waals surface area contributed by atoms with Gasteiger partial charge in [-0.1, -0.05) is 0 Å². The van der Waals surface area contributed by atoms with Crippen LogP contribution in [0, 0.1) is 0 Å². The summed E-state index contributed by atoms with van der Waals surface area (Å²) in [6.45, 7) is 0.520. The predicted octanol–water partition coefficient (Wildman–Crippen LogP) is 1.46. The van der Waals surface area contributed by atoms with Gasteiger partial charge in [-0.15, -0.1) is 0 Å². The number of carbonyl (C=O) groups is 1. The van der Waals surface area contributed by atoms with Crippen molar-refractivity contribution < 1.29 is 28.8 Å². The fourth-order valence-corrected chi connectivity index (χ4v) is 1.23. The maximum absolute atomic E-state index is 10.2. The van der Waals surface area contributed by atoms with E-state index in [1.807, 2.05) is 0 Å². The molecule has 0 unspecified atom stereocenters. The SMILES string of the molecule is C1=C(C2=COCO2)OCO1.O=C(O)c1cccnc1. The Bertz CT molecular complexity index is 474. The largest absolute Gasteiger partial charge is 0.478 e. The number of hydrogen-bond donors (Lipinski definition) is 1. The van der Waals surface area contributed by atoms with Crippen LogP contribution in [-0.2, 0) is 18.9 Å². The first-order chi connectivity index (χ1) is 9.27. The molecule has 0 aromatic carbocycles. The maximum Gasteiger partial charge on any atom is 0.337 e. The highest BCUT2D eigenvalue weighted by Gasteiger charge is 2.17. The molecule has 7 heteroatoms. The third-order valence-corrected chi connectivity index (χ3v) is 2.10. The number of pyridine rings is 1. The number of carboxylic acid groups (broad SMARTS) is 1. The van der Waals surface area contributed by atoms with E-state index in [1.165, 1.54) is 31.0 Å². The lowest BCUT2D eigenvalue weighted by molar-refractivity contribution is 0.0559. The van der Waals surface area contributed by atoms with Crippen LogP contribution in [0.15, 0.2) is 48.6 Å². The minimum atomic E-state index is -0.942. The van der Waals surface area contributed by atoms with Crippen LogP contribution in [0.3, 0.4) is 0 Å². The second kappa shape index (κ2) is 6.29. The number of aromatic carboxylic acids is 1. The molecule has 2 aliphatic rings. The number of rotatable bonds is 2. The Morgan fingerprint density at radius 3 is 2.11 bits per heavy atom. The normalized spacial score (nSPS) is 15.6. The fraction of sp³-hybridized carbons (Fsp3) is 0.167. The first-order valence-corrected chi connectivity index (χ1v) is 5.30. The van der Waals surface area contributed by atoms with Crippen LogP contribution in [0.4, 0.5) is 0 Å². The van der Waals surface area contributed by atoms with Crippen molar-refractivity contribution in [3.63, 3.8) is 0 Å². The summed E-state index contributed by atoms with van der Waals surface area (Å²) in [5, 5.41) is 8.34. The molecular formula is C12H11NO6. The molecule has 0 aliphatic carbocycles. The summed E-state index contributed by atoms with van der Waals surface area (Å²) in [6.07, 6.45) is 5.84. The molecule has 0 radical (unpaired) electrons. The fourth-order valence-electron chi connectivity index (χ4n) is 1.23. The minimum Gasteiger partial charge on any atom is -0.478 e. The molecule has 0 saturated heterocycles. The molecule has 3 heterocycles.